The summed E-state index contributed by atoms with van der Waals surface area (Å²) in [6.45, 7) is 4.59. The van der Waals surface area contributed by atoms with E-state index in [2.05, 4.69) is 10.6 Å². The summed E-state index contributed by atoms with van der Waals surface area (Å²) in [5.74, 6) is 0.664. The summed E-state index contributed by atoms with van der Waals surface area (Å²) >= 11 is 0. The van der Waals surface area contributed by atoms with E-state index < -0.39 is 0 Å². The Morgan fingerprint density at radius 2 is 2.04 bits per heavy atom. The molecule has 1 aromatic carbocycles. The number of carbonyl (C=O) groups is 2. The zero-order valence-corrected chi connectivity index (χ0v) is 14.0. The zero-order valence-electron chi connectivity index (χ0n) is 14.0. The number of urea groups is 1. The lowest BCUT2D eigenvalue weighted by atomic mass is 10.2. The van der Waals surface area contributed by atoms with Gasteiger partial charge in [-0.2, -0.15) is 0 Å². The molecule has 1 heterocycles. The summed E-state index contributed by atoms with van der Waals surface area (Å²) in [5.41, 5.74) is 0.684. The molecule has 0 bridgehead atoms. The predicted molar refractivity (Wildman–Crippen MR) is 89.6 cm³/mol. The molecule has 6 heteroatoms. The molecule has 1 aliphatic heterocycles. The minimum atomic E-state index is -0.387. The highest BCUT2D eigenvalue weighted by molar-refractivity contribution is 5.94. The molecule has 126 valence electrons. The van der Waals surface area contributed by atoms with Gasteiger partial charge in [0.25, 0.3) is 0 Å². The van der Waals surface area contributed by atoms with Gasteiger partial charge < -0.3 is 20.3 Å². The summed E-state index contributed by atoms with van der Waals surface area (Å²) in [5, 5.41) is 5.80. The highest BCUT2D eigenvalue weighted by Gasteiger charge is 2.34. The predicted octanol–water partition coefficient (Wildman–Crippen LogP) is 2.61. The monoisotopic (exact) mass is 319 g/mol. The minimum absolute atomic E-state index is 0.0678. The lowest BCUT2D eigenvalue weighted by Gasteiger charge is -2.25. The van der Waals surface area contributed by atoms with Crippen molar-refractivity contribution in [1.29, 1.82) is 0 Å². The molecule has 0 saturated carbocycles. The Morgan fingerprint density at radius 3 is 2.65 bits per heavy atom. The Hall–Kier alpha value is -2.24. The van der Waals surface area contributed by atoms with Gasteiger partial charge in [-0.25, -0.2) is 4.79 Å². The van der Waals surface area contributed by atoms with Crippen molar-refractivity contribution >= 4 is 17.6 Å². The summed E-state index contributed by atoms with van der Waals surface area (Å²) in [4.78, 5) is 26.4. The van der Waals surface area contributed by atoms with Gasteiger partial charge in [0, 0.05) is 18.3 Å². The Labute approximate surface area is 137 Å². The number of amides is 3. The number of anilines is 1. The van der Waals surface area contributed by atoms with Crippen molar-refractivity contribution < 1.29 is 14.3 Å². The number of carbonyl (C=O) groups excluding carboxylic acids is 2. The maximum atomic E-state index is 12.4. The number of methoxy groups -OCH3 is 1. The van der Waals surface area contributed by atoms with E-state index in [4.69, 9.17) is 4.74 Å². The van der Waals surface area contributed by atoms with Gasteiger partial charge in [-0.3, -0.25) is 4.79 Å². The van der Waals surface area contributed by atoms with E-state index in [1.54, 1.807) is 36.3 Å². The Balaban J connectivity index is 1.98. The van der Waals surface area contributed by atoms with Crippen LogP contribution in [0.15, 0.2) is 24.3 Å². The van der Waals surface area contributed by atoms with E-state index in [0.29, 0.717) is 18.7 Å². The number of nitrogens with one attached hydrogen (secondary N) is 2. The molecule has 1 aliphatic rings. The van der Waals surface area contributed by atoms with Crippen LogP contribution < -0.4 is 15.4 Å². The molecule has 2 N–H and O–H groups in total. The second-order valence-electron chi connectivity index (χ2n) is 5.83. The first-order valence-electron chi connectivity index (χ1n) is 8.07. The van der Waals surface area contributed by atoms with E-state index in [0.717, 1.165) is 18.6 Å². The average molecular weight is 319 g/mol. The molecule has 6 nitrogen and oxygen atoms in total. The van der Waals surface area contributed by atoms with Crippen LogP contribution in [0.1, 0.15) is 33.1 Å². The normalized spacial score (nSPS) is 18.4. The largest absolute Gasteiger partial charge is 0.497 e. The van der Waals surface area contributed by atoms with Crippen LogP contribution in [-0.4, -0.2) is 42.6 Å². The van der Waals surface area contributed by atoms with E-state index in [9.17, 15) is 9.59 Å². The summed E-state index contributed by atoms with van der Waals surface area (Å²) in [6.07, 6.45) is 2.42. The summed E-state index contributed by atoms with van der Waals surface area (Å²) < 4.78 is 5.09. The minimum Gasteiger partial charge on any atom is -0.497 e. The zero-order chi connectivity index (χ0) is 16.8. The van der Waals surface area contributed by atoms with Gasteiger partial charge in [0.15, 0.2) is 0 Å². The number of nitrogens with zero attached hydrogens (tertiary/aromatic N) is 1. The molecular weight excluding hydrogens is 294 g/mol. The van der Waals surface area contributed by atoms with Gasteiger partial charge in [-0.05, 0) is 50.5 Å². The quantitative estimate of drug-likeness (QED) is 0.876. The van der Waals surface area contributed by atoms with E-state index in [-0.39, 0.29) is 24.0 Å². The number of likely N-dealkylation sites (tertiary alicyclic amines) is 1. The fourth-order valence-corrected chi connectivity index (χ4v) is 2.59. The van der Waals surface area contributed by atoms with E-state index >= 15 is 0 Å². The maximum absolute atomic E-state index is 12.4. The van der Waals surface area contributed by atoms with Gasteiger partial charge >= 0.3 is 6.03 Å². The molecule has 2 atom stereocenters. The Morgan fingerprint density at radius 1 is 1.35 bits per heavy atom. The Bertz CT molecular complexity index is 545. The van der Waals surface area contributed by atoms with Gasteiger partial charge in [0.1, 0.15) is 11.8 Å². The van der Waals surface area contributed by atoms with Crippen LogP contribution in [0.5, 0.6) is 5.75 Å². The topological polar surface area (TPSA) is 70.7 Å². The molecular formula is C17H25N3O3. The fraction of sp³-hybridized carbons (Fsp3) is 0.529. The fourth-order valence-electron chi connectivity index (χ4n) is 2.59. The van der Waals surface area contributed by atoms with Crippen LogP contribution >= 0.6 is 0 Å². The number of hydrogen-bond donors (Lipinski definition) is 2. The molecule has 23 heavy (non-hydrogen) atoms. The molecule has 1 saturated heterocycles. The molecule has 2 rings (SSSR count). The van der Waals surface area contributed by atoms with Crippen LogP contribution in [-0.2, 0) is 4.79 Å². The molecule has 0 spiro atoms. The first kappa shape index (κ1) is 17.1. The highest BCUT2D eigenvalue weighted by Crippen LogP contribution is 2.20. The molecule has 1 fully saturated rings. The Kier molecular flexibility index (Phi) is 5.84. The van der Waals surface area contributed by atoms with Gasteiger partial charge in [0.05, 0.1) is 7.11 Å². The van der Waals surface area contributed by atoms with Crippen molar-refractivity contribution in [2.24, 2.45) is 0 Å². The average Bonchev–Trinajstić information content (AvgIpc) is 3.05. The number of hydrogen-bond acceptors (Lipinski definition) is 3. The standard InChI is InChI=1S/C17H25N3O3/c1-4-12(2)18-16(21)15-6-5-11-20(15)17(22)19-13-7-9-14(23-3)10-8-13/h7-10,12,15H,4-6,11H2,1-3H3,(H,18,21)(H,19,22). The highest BCUT2D eigenvalue weighted by atomic mass is 16.5. The lowest BCUT2D eigenvalue weighted by molar-refractivity contribution is -0.125. The van der Waals surface area contributed by atoms with Crippen LogP contribution in [0.2, 0.25) is 0 Å². The second kappa shape index (κ2) is 7.85. The van der Waals surface area contributed by atoms with Crippen LogP contribution in [0, 0.1) is 0 Å². The molecule has 2 unspecified atom stereocenters. The maximum Gasteiger partial charge on any atom is 0.322 e. The van der Waals surface area contributed by atoms with Crippen molar-refractivity contribution in [3.63, 3.8) is 0 Å². The van der Waals surface area contributed by atoms with Gasteiger partial charge in [-0.15, -0.1) is 0 Å². The van der Waals surface area contributed by atoms with Crippen LogP contribution in [0.25, 0.3) is 0 Å². The number of benzene rings is 1. The van der Waals surface area contributed by atoms with Crippen molar-refractivity contribution in [2.75, 3.05) is 19.0 Å². The summed E-state index contributed by atoms with van der Waals surface area (Å²) in [7, 11) is 1.60. The van der Waals surface area contributed by atoms with Crippen molar-refractivity contribution in [1.82, 2.24) is 10.2 Å². The molecule has 3 amide bonds. The third-order valence-corrected chi connectivity index (χ3v) is 4.16. The number of rotatable bonds is 5. The van der Waals surface area contributed by atoms with Crippen molar-refractivity contribution in [2.45, 2.75) is 45.2 Å². The second-order valence-corrected chi connectivity index (χ2v) is 5.83. The third-order valence-electron chi connectivity index (χ3n) is 4.16. The van der Waals surface area contributed by atoms with Gasteiger partial charge in [-0.1, -0.05) is 6.92 Å². The lowest BCUT2D eigenvalue weighted by Crippen LogP contribution is -2.49. The molecule has 0 radical (unpaired) electrons. The van der Waals surface area contributed by atoms with Crippen molar-refractivity contribution in [3.05, 3.63) is 24.3 Å². The SMILES string of the molecule is CCC(C)NC(=O)C1CCCN1C(=O)Nc1ccc(OC)cc1. The summed E-state index contributed by atoms with van der Waals surface area (Å²) in [6, 6.07) is 6.62. The molecule has 1 aromatic rings. The smallest absolute Gasteiger partial charge is 0.322 e. The van der Waals surface area contributed by atoms with E-state index in [1.165, 1.54) is 0 Å². The van der Waals surface area contributed by atoms with Crippen molar-refractivity contribution in [3.8, 4) is 5.75 Å². The van der Waals surface area contributed by atoms with E-state index in [1.807, 2.05) is 13.8 Å². The first-order valence-corrected chi connectivity index (χ1v) is 8.07. The van der Waals surface area contributed by atoms with Crippen LogP contribution in [0.4, 0.5) is 10.5 Å². The molecule has 0 aromatic heterocycles. The molecule has 0 aliphatic carbocycles. The first-order chi connectivity index (χ1) is 11.0. The van der Waals surface area contributed by atoms with Gasteiger partial charge in [0.2, 0.25) is 5.91 Å². The third kappa shape index (κ3) is 4.37. The van der Waals surface area contributed by atoms with Crippen LogP contribution in [0.3, 0.4) is 0 Å². The number of ether oxygens (including phenoxy) is 1.